The van der Waals surface area contributed by atoms with Gasteiger partial charge in [0.2, 0.25) is 5.91 Å². The van der Waals surface area contributed by atoms with E-state index in [2.05, 4.69) is 21.7 Å². The van der Waals surface area contributed by atoms with E-state index in [0.717, 1.165) is 55.6 Å². The maximum Gasteiger partial charge on any atom is 0.233 e. The lowest BCUT2D eigenvalue weighted by Crippen LogP contribution is -2.50. The second kappa shape index (κ2) is 12.4. The van der Waals surface area contributed by atoms with Crippen molar-refractivity contribution in [2.75, 3.05) is 52.2 Å². The van der Waals surface area contributed by atoms with Crippen LogP contribution in [0.1, 0.15) is 0 Å². The first-order chi connectivity index (χ1) is 17.2. The van der Waals surface area contributed by atoms with Crippen molar-refractivity contribution in [3.63, 3.8) is 0 Å². The molecule has 0 atom stereocenters. The van der Waals surface area contributed by atoms with Crippen LogP contribution in [0.4, 0.5) is 0 Å². The number of nitrogens with zero attached hydrogens (tertiary/aromatic N) is 5. The van der Waals surface area contributed by atoms with E-state index in [1.807, 2.05) is 70.1 Å². The van der Waals surface area contributed by atoms with Crippen LogP contribution in [0, 0.1) is 0 Å². The molecule has 2 heterocycles. The molecule has 184 valence electrons. The second-order valence-corrected chi connectivity index (χ2v) is 9.05. The predicted octanol–water partition coefficient (Wildman–Crippen LogP) is 3.46. The molecule has 4 rings (SSSR count). The van der Waals surface area contributed by atoms with E-state index in [1.54, 1.807) is 7.11 Å². The first kappa shape index (κ1) is 24.8. The highest BCUT2D eigenvalue weighted by Gasteiger charge is 2.22. The van der Waals surface area contributed by atoms with Crippen LogP contribution in [-0.2, 0) is 11.3 Å². The highest BCUT2D eigenvalue weighted by molar-refractivity contribution is 7.99. The lowest BCUT2D eigenvalue weighted by Gasteiger charge is -2.34. The normalized spacial score (nSPS) is 14.0. The van der Waals surface area contributed by atoms with Gasteiger partial charge < -0.3 is 14.4 Å². The zero-order chi connectivity index (χ0) is 24.5. The number of benzene rings is 2. The van der Waals surface area contributed by atoms with Crippen LogP contribution in [0.15, 0.2) is 72.4 Å². The zero-order valence-corrected chi connectivity index (χ0v) is 20.8. The number of rotatable bonds is 11. The summed E-state index contributed by atoms with van der Waals surface area (Å²) < 4.78 is 13.0. The van der Waals surface area contributed by atoms with Crippen LogP contribution in [-0.4, -0.2) is 82.7 Å². The SMILES string of the molecule is C=CCn1c(SCC(=O)N2CCN(CCOc3ccccc3)CC2)nnc1-c1ccc(OC)cc1. The van der Waals surface area contributed by atoms with Crippen LogP contribution < -0.4 is 9.47 Å². The molecule has 35 heavy (non-hydrogen) atoms. The maximum absolute atomic E-state index is 12.9. The summed E-state index contributed by atoms with van der Waals surface area (Å²) in [5.74, 6) is 2.86. The molecule has 0 saturated carbocycles. The highest BCUT2D eigenvalue weighted by atomic mass is 32.2. The van der Waals surface area contributed by atoms with Crippen molar-refractivity contribution >= 4 is 17.7 Å². The molecule has 0 bridgehead atoms. The third-order valence-corrected chi connectivity index (χ3v) is 6.80. The van der Waals surface area contributed by atoms with Gasteiger partial charge in [-0.05, 0) is 36.4 Å². The van der Waals surface area contributed by atoms with E-state index in [-0.39, 0.29) is 5.91 Å². The molecule has 0 radical (unpaired) electrons. The Morgan fingerprint density at radius 2 is 1.77 bits per heavy atom. The Bertz CT molecular complexity index is 1100. The largest absolute Gasteiger partial charge is 0.497 e. The van der Waals surface area contributed by atoms with Crippen LogP contribution >= 0.6 is 11.8 Å². The standard InChI is InChI=1S/C26H31N5O3S/c1-3-13-31-25(21-9-11-22(33-2)12-10-21)27-28-26(31)35-20-24(32)30-16-14-29(15-17-30)18-19-34-23-7-5-4-6-8-23/h3-12H,1,13-20H2,2H3. The van der Waals surface area contributed by atoms with Gasteiger partial charge >= 0.3 is 0 Å². The van der Waals surface area contributed by atoms with Crippen LogP contribution in [0.25, 0.3) is 11.4 Å². The molecule has 1 saturated heterocycles. The van der Waals surface area contributed by atoms with Crippen LogP contribution in [0.2, 0.25) is 0 Å². The Balaban J connectivity index is 1.26. The Morgan fingerprint density at radius 3 is 2.46 bits per heavy atom. The van der Waals surface area contributed by atoms with E-state index < -0.39 is 0 Å². The number of thioether (sulfide) groups is 1. The molecule has 1 aliphatic heterocycles. The Hall–Kier alpha value is -3.30. The predicted molar refractivity (Wildman–Crippen MR) is 138 cm³/mol. The number of aromatic nitrogens is 3. The van der Waals surface area contributed by atoms with Gasteiger partial charge in [0.05, 0.1) is 12.9 Å². The molecule has 3 aromatic rings. The van der Waals surface area contributed by atoms with Gasteiger partial charge in [-0.3, -0.25) is 14.3 Å². The summed E-state index contributed by atoms with van der Waals surface area (Å²) in [6.07, 6.45) is 1.81. The first-order valence-electron chi connectivity index (χ1n) is 11.7. The van der Waals surface area contributed by atoms with Crippen molar-refractivity contribution in [3.05, 3.63) is 67.3 Å². The minimum atomic E-state index is 0.120. The summed E-state index contributed by atoms with van der Waals surface area (Å²) in [6.45, 7) is 9.06. The van der Waals surface area contributed by atoms with Crippen molar-refractivity contribution in [2.24, 2.45) is 0 Å². The number of allylic oxidation sites excluding steroid dienone is 1. The number of ether oxygens (including phenoxy) is 2. The van der Waals surface area contributed by atoms with E-state index in [0.29, 0.717) is 24.1 Å². The molecule has 0 aliphatic carbocycles. The van der Waals surface area contributed by atoms with Gasteiger partial charge in [-0.2, -0.15) is 0 Å². The summed E-state index contributed by atoms with van der Waals surface area (Å²) in [5, 5.41) is 9.43. The van der Waals surface area contributed by atoms with E-state index in [9.17, 15) is 4.79 Å². The summed E-state index contributed by atoms with van der Waals surface area (Å²) in [5.41, 5.74) is 0.936. The maximum atomic E-state index is 12.9. The number of methoxy groups -OCH3 is 1. The summed E-state index contributed by atoms with van der Waals surface area (Å²) in [4.78, 5) is 17.1. The Labute approximate surface area is 210 Å². The highest BCUT2D eigenvalue weighted by Crippen LogP contribution is 2.26. The van der Waals surface area contributed by atoms with Crippen molar-refractivity contribution in [3.8, 4) is 22.9 Å². The van der Waals surface area contributed by atoms with Gasteiger partial charge in [0.1, 0.15) is 18.1 Å². The number of hydrogen-bond acceptors (Lipinski definition) is 7. The number of carbonyl (C=O) groups is 1. The van der Waals surface area contributed by atoms with Crippen molar-refractivity contribution in [1.29, 1.82) is 0 Å². The molecule has 2 aromatic carbocycles. The van der Waals surface area contributed by atoms with Gasteiger partial charge in [-0.15, -0.1) is 16.8 Å². The average molecular weight is 494 g/mol. The van der Waals surface area contributed by atoms with Gasteiger partial charge in [0, 0.05) is 44.8 Å². The molecular formula is C26H31N5O3S. The van der Waals surface area contributed by atoms with Gasteiger partial charge in [0.25, 0.3) is 0 Å². The number of para-hydroxylation sites is 1. The monoisotopic (exact) mass is 493 g/mol. The van der Waals surface area contributed by atoms with Crippen molar-refractivity contribution in [2.45, 2.75) is 11.7 Å². The molecule has 1 aromatic heterocycles. The number of piperazine rings is 1. The molecule has 9 heteroatoms. The van der Waals surface area contributed by atoms with Gasteiger partial charge in [0.15, 0.2) is 11.0 Å². The summed E-state index contributed by atoms with van der Waals surface area (Å²) in [7, 11) is 1.64. The second-order valence-electron chi connectivity index (χ2n) is 8.11. The lowest BCUT2D eigenvalue weighted by atomic mass is 10.2. The molecule has 0 spiro atoms. The van der Waals surface area contributed by atoms with Gasteiger partial charge in [-0.25, -0.2) is 0 Å². The quantitative estimate of drug-likeness (QED) is 0.299. The minimum absolute atomic E-state index is 0.120. The third kappa shape index (κ3) is 6.64. The lowest BCUT2D eigenvalue weighted by molar-refractivity contribution is -0.130. The molecular weight excluding hydrogens is 462 g/mol. The summed E-state index contributed by atoms with van der Waals surface area (Å²) >= 11 is 1.42. The Kier molecular flexibility index (Phi) is 8.80. The zero-order valence-electron chi connectivity index (χ0n) is 20.0. The molecule has 1 amide bonds. The van der Waals surface area contributed by atoms with Crippen LogP contribution in [0.5, 0.6) is 11.5 Å². The number of amides is 1. The molecule has 0 N–H and O–H groups in total. The molecule has 1 aliphatic rings. The van der Waals surface area contributed by atoms with Crippen LogP contribution in [0.3, 0.4) is 0 Å². The average Bonchev–Trinajstić information content (AvgIpc) is 3.31. The fourth-order valence-electron chi connectivity index (χ4n) is 3.89. The van der Waals surface area contributed by atoms with Crippen molar-refractivity contribution in [1.82, 2.24) is 24.6 Å². The number of hydrogen-bond donors (Lipinski definition) is 0. The molecule has 1 fully saturated rings. The summed E-state index contributed by atoms with van der Waals surface area (Å²) in [6, 6.07) is 17.5. The Morgan fingerprint density at radius 1 is 1.03 bits per heavy atom. The molecule has 8 nitrogen and oxygen atoms in total. The van der Waals surface area contributed by atoms with Gasteiger partial charge in [-0.1, -0.05) is 36.0 Å². The third-order valence-electron chi connectivity index (χ3n) is 5.85. The topological polar surface area (TPSA) is 72.7 Å². The number of carbonyl (C=O) groups excluding carboxylic acids is 1. The minimum Gasteiger partial charge on any atom is -0.497 e. The smallest absolute Gasteiger partial charge is 0.233 e. The fraction of sp³-hybridized carbons (Fsp3) is 0.346. The van der Waals surface area contributed by atoms with Crippen molar-refractivity contribution < 1.29 is 14.3 Å². The van der Waals surface area contributed by atoms with E-state index in [4.69, 9.17) is 9.47 Å². The van der Waals surface area contributed by atoms with E-state index in [1.165, 1.54) is 11.8 Å². The first-order valence-corrected chi connectivity index (χ1v) is 12.7. The van der Waals surface area contributed by atoms with E-state index >= 15 is 0 Å². The fourth-order valence-corrected chi connectivity index (χ4v) is 4.74. The molecule has 0 unspecified atom stereocenters.